The monoisotopic (exact) mass is 266 g/mol. The van der Waals surface area contributed by atoms with E-state index < -0.39 is 10.1 Å². The molecule has 0 heterocycles. The van der Waals surface area contributed by atoms with Crippen LogP contribution < -0.4 is 0 Å². The van der Waals surface area contributed by atoms with Gasteiger partial charge in [0.05, 0.1) is 11.5 Å². The summed E-state index contributed by atoms with van der Waals surface area (Å²) in [5.74, 6) is 2.07. The number of benzene rings is 1. The Kier molecular flexibility index (Phi) is 2.94. The fourth-order valence-electron chi connectivity index (χ4n) is 2.51. The second-order valence-corrected chi connectivity index (χ2v) is 7.16. The van der Waals surface area contributed by atoms with Gasteiger partial charge in [-0.3, -0.25) is 4.18 Å². The molecule has 0 N–H and O–H groups in total. The van der Waals surface area contributed by atoms with E-state index in [0.717, 1.165) is 23.8 Å². The van der Waals surface area contributed by atoms with Gasteiger partial charge >= 0.3 is 0 Å². The van der Waals surface area contributed by atoms with Crippen LogP contribution in [0.5, 0.6) is 0 Å². The Morgan fingerprint density at radius 1 is 1.22 bits per heavy atom. The van der Waals surface area contributed by atoms with Crippen LogP contribution in [0.2, 0.25) is 0 Å². The molecule has 0 unspecified atom stereocenters. The maximum atomic E-state index is 11.9. The van der Waals surface area contributed by atoms with E-state index >= 15 is 0 Å². The summed E-state index contributed by atoms with van der Waals surface area (Å²) in [7, 11) is -3.56. The van der Waals surface area contributed by atoms with Crippen molar-refractivity contribution in [2.45, 2.75) is 31.1 Å². The van der Waals surface area contributed by atoms with Crippen LogP contribution in [0.4, 0.5) is 0 Å². The maximum Gasteiger partial charge on any atom is 0.296 e. The van der Waals surface area contributed by atoms with Gasteiger partial charge in [-0.2, -0.15) is 8.42 Å². The normalized spacial score (nSPS) is 27.2. The molecule has 0 aromatic heterocycles. The zero-order chi connectivity index (χ0) is 12.8. The molecule has 0 bridgehead atoms. The van der Waals surface area contributed by atoms with Crippen LogP contribution in [0.1, 0.15) is 24.8 Å². The van der Waals surface area contributed by atoms with Crippen LogP contribution >= 0.6 is 0 Å². The van der Waals surface area contributed by atoms with Crippen molar-refractivity contribution in [2.24, 2.45) is 17.8 Å². The molecule has 1 aromatic rings. The van der Waals surface area contributed by atoms with E-state index in [1.165, 1.54) is 12.8 Å². The van der Waals surface area contributed by atoms with Gasteiger partial charge in [-0.15, -0.1) is 0 Å². The molecule has 0 spiro atoms. The van der Waals surface area contributed by atoms with Gasteiger partial charge in [0.25, 0.3) is 10.1 Å². The molecule has 0 amide bonds. The van der Waals surface area contributed by atoms with E-state index in [9.17, 15) is 8.42 Å². The average molecular weight is 266 g/mol. The molecule has 2 aliphatic carbocycles. The van der Waals surface area contributed by atoms with Crippen molar-refractivity contribution in [3.05, 3.63) is 29.8 Å². The molecule has 2 saturated carbocycles. The Hall–Kier alpha value is -0.870. The standard InChI is InChI=1S/C14H18O3S/c1-10-2-6-13(7-3-10)18(15,16)17-9-12-8-14(12)11-4-5-11/h2-3,6-7,11-12,14H,4-5,8-9H2,1H3/t12-,14-/m0/s1. The first-order chi connectivity index (χ1) is 8.56. The minimum atomic E-state index is -3.56. The summed E-state index contributed by atoms with van der Waals surface area (Å²) in [6.07, 6.45) is 3.80. The van der Waals surface area contributed by atoms with Gasteiger partial charge in [0.1, 0.15) is 0 Å². The molecule has 0 radical (unpaired) electrons. The third-order valence-electron chi connectivity index (χ3n) is 3.95. The second kappa shape index (κ2) is 4.35. The summed E-state index contributed by atoms with van der Waals surface area (Å²) in [5.41, 5.74) is 1.05. The van der Waals surface area contributed by atoms with Crippen LogP contribution in [0.25, 0.3) is 0 Å². The predicted octanol–water partition coefficient (Wildman–Crippen LogP) is 2.75. The summed E-state index contributed by atoms with van der Waals surface area (Å²) in [4.78, 5) is 0.261. The summed E-state index contributed by atoms with van der Waals surface area (Å²) < 4.78 is 29.1. The Bertz CT molecular complexity index is 529. The van der Waals surface area contributed by atoms with Gasteiger partial charge in [-0.1, -0.05) is 17.7 Å². The molecular weight excluding hydrogens is 248 g/mol. The topological polar surface area (TPSA) is 43.4 Å². The highest BCUT2D eigenvalue weighted by atomic mass is 32.2. The lowest BCUT2D eigenvalue weighted by Gasteiger charge is -2.05. The number of hydrogen-bond donors (Lipinski definition) is 0. The van der Waals surface area contributed by atoms with Crippen LogP contribution in [-0.2, 0) is 14.3 Å². The van der Waals surface area contributed by atoms with Gasteiger partial charge in [-0.05, 0) is 56.1 Å². The van der Waals surface area contributed by atoms with Crippen molar-refractivity contribution in [2.75, 3.05) is 6.61 Å². The average Bonchev–Trinajstić information content (AvgIpc) is 3.19. The van der Waals surface area contributed by atoms with Gasteiger partial charge in [-0.25, -0.2) is 0 Å². The van der Waals surface area contributed by atoms with Crippen molar-refractivity contribution < 1.29 is 12.6 Å². The van der Waals surface area contributed by atoms with Gasteiger partial charge < -0.3 is 0 Å². The van der Waals surface area contributed by atoms with E-state index in [0.29, 0.717) is 12.5 Å². The Morgan fingerprint density at radius 3 is 2.50 bits per heavy atom. The van der Waals surface area contributed by atoms with E-state index in [-0.39, 0.29) is 4.90 Å². The summed E-state index contributed by atoms with van der Waals surface area (Å²) in [5, 5.41) is 0. The zero-order valence-electron chi connectivity index (χ0n) is 10.5. The minimum Gasteiger partial charge on any atom is -0.266 e. The number of rotatable bonds is 5. The highest BCUT2D eigenvalue weighted by Gasteiger charge is 2.47. The SMILES string of the molecule is Cc1ccc(S(=O)(=O)OC[C@@H]2C[C@H]2C2CC2)cc1. The van der Waals surface area contributed by atoms with E-state index in [1.807, 2.05) is 6.92 Å². The van der Waals surface area contributed by atoms with Crippen molar-refractivity contribution in [3.63, 3.8) is 0 Å². The lowest BCUT2D eigenvalue weighted by Crippen LogP contribution is -2.09. The second-order valence-electron chi connectivity index (χ2n) is 5.55. The Labute approximate surface area is 108 Å². The summed E-state index contributed by atoms with van der Waals surface area (Å²) in [6, 6.07) is 6.80. The fraction of sp³-hybridized carbons (Fsp3) is 0.571. The van der Waals surface area contributed by atoms with Crippen LogP contribution in [0.15, 0.2) is 29.2 Å². The molecule has 0 saturated heterocycles. The lowest BCUT2D eigenvalue weighted by atomic mass is 10.2. The highest BCUT2D eigenvalue weighted by Crippen LogP contribution is 2.54. The third-order valence-corrected chi connectivity index (χ3v) is 5.25. The highest BCUT2D eigenvalue weighted by molar-refractivity contribution is 7.86. The first-order valence-corrected chi connectivity index (χ1v) is 7.93. The summed E-state index contributed by atoms with van der Waals surface area (Å²) in [6.45, 7) is 2.29. The molecule has 1 aromatic carbocycles. The smallest absolute Gasteiger partial charge is 0.266 e. The van der Waals surface area contributed by atoms with E-state index in [4.69, 9.17) is 4.18 Å². The van der Waals surface area contributed by atoms with Gasteiger partial charge in [0.15, 0.2) is 0 Å². The third kappa shape index (κ3) is 2.59. The molecule has 2 aliphatic rings. The Morgan fingerprint density at radius 2 is 1.89 bits per heavy atom. The molecule has 2 fully saturated rings. The first kappa shape index (κ1) is 12.2. The fourth-order valence-corrected chi connectivity index (χ4v) is 3.47. The Balaban J connectivity index is 1.59. The first-order valence-electron chi connectivity index (χ1n) is 6.52. The van der Waals surface area contributed by atoms with E-state index in [2.05, 4.69) is 0 Å². The molecule has 2 atom stereocenters. The minimum absolute atomic E-state index is 0.261. The molecule has 3 nitrogen and oxygen atoms in total. The van der Waals surface area contributed by atoms with Crippen molar-refractivity contribution in [1.29, 1.82) is 0 Å². The van der Waals surface area contributed by atoms with E-state index in [1.54, 1.807) is 24.3 Å². The van der Waals surface area contributed by atoms with Crippen LogP contribution in [0.3, 0.4) is 0 Å². The van der Waals surface area contributed by atoms with Crippen LogP contribution in [-0.4, -0.2) is 15.0 Å². The maximum absolute atomic E-state index is 11.9. The molecule has 3 rings (SSSR count). The van der Waals surface area contributed by atoms with Crippen molar-refractivity contribution >= 4 is 10.1 Å². The summed E-state index contributed by atoms with van der Waals surface area (Å²) >= 11 is 0. The van der Waals surface area contributed by atoms with Crippen molar-refractivity contribution in [3.8, 4) is 0 Å². The molecule has 0 aliphatic heterocycles. The predicted molar refractivity (Wildman–Crippen MR) is 68.6 cm³/mol. The molecular formula is C14H18O3S. The molecule has 18 heavy (non-hydrogen) atoms. The quantitative estimate of drug-likeness (QED) is 0.770. The van der Waals surface area contributed by atoms with Crippen molar-refractivity contribution in [1.82, 2.24) is 0 Å². The van der Waals surface area contributed by atoms with Gasteiger partial charge in [0, 0.05) is 0 Å². The van der Waals surface area contributed by atoms with Gasteiger partial charge in [0.2, 0.25) is 0 Å². The van der Waals surface area contributed by atoms with Crippen LogP contribution in [0, 0.1) is 24.7 Å². The molecule has 4 heteroatoms. The zero-order valence-corrected chi connectivity index (χ0v) is 11.3. The lowest BCUT2D eigenvalue weighted by molar-refractivity contribution is 0.292. The molecule has 98 valence electrons. The number of aryl methyl sites for hydroxylation is 1. The number of hydrogen-bond acceptors (Lipinski definition) is 3. The largest absolute Gasteiger partial charge is 0.296 e.